The second-order valence-corrected chi connectivity index (χ2v) is 7.08. The van der Waals surface area contributed by atoms with E-state index in [4.69, 9.17) is 23.2 Å². The molecule has 1 amide bonds. The molecule has 110 valence electrons. The first-order valence-electron chi connectivity index (χ1n) is 5.91. The van der Waals surface area contributed by atoms with E-state index in [1.165, 1.54) is 24.3 Å². The highest BCUT2D eigenvalue weighted by atomic mass is 35.5. The minimum atomic E-state index is -3.69. The molecular formula is C14H11Cl2NO3S. The van der Waals surface area contributed by atoms with Crippen LogP contribution in [0.1, 0.15) is 0 Å². The van der Waals surface area contributed by atoms with Crippen molar-refractivity contribution in [3.63, 3.8) is 0 Å². The molecule has 0 bridgehead atoms. The minimum absolute atomic E-state index is 0.0948. The molecule has 2 rings (SSSR count). The fourth-order valence-electron chi connectivity index (χ4n) is 1.66. The molecule has 7 heteroatoms. The summed E-state index contributed by atoms with van der Waals surface area (Å²) in [5.74, 6) is -1.34. The molecule has 0 radical (unpaired) electrons. The van der Waals surface area contributed by atoms with E-state index in [1.54, 1.807) is 24.3 Å². The molecular weight excluding hydrogens is 333 g/mol. The quantitative estimate of drug-likeness (QED) is 0.925. The molecule has 0 aliphatic heterocycles. The molecule has 0 heterocycles. The zero-order valence-electron chi connectivity index (χ0n) is 10.7. The van der Waals surface area contributed by atoms with Crippen molar-refractivity contribution < 1.29 is 13.2 Å². The third-order valence-corrected chi connectivity index (χ3v) is 4.82. The van der Waals surface area contributed by atoms with E-state index in [9.17, 15) is 13.2 Å². The van der Waals surface area contributed by atoms with Crippen LogP contribution in [0, 0.1) is 0 Å². The lowest BCUT2D eigenvalue weighted by Crippen LogP contribution is -2.23. The molecule has 0 spiro atoms. The molecule has 0 fully saturated rings. The Morgan fingerprint density at radius 3 is 2.38 bits per heavy atom. The molecule has 21 heavy (non-hydrogen) atoms. The summed E-state index contributed by atoms with van der Waals surface area (Å²) in [6, 6.07) is 12.3. The SMILES string of the molecule is O=C(CS(=O)(=O)c1ccccc1)Nc1cc(Cl)ccc1Cl. The number of anilines is 1. The lowest BCUT2D eigenvalue weighted by Gasteiger charge is -2.08. The Balaban J connectivity index is 2.14. The van der Waals surface area contributed by atoms with Crippen LogP contribution in [0.15, 0.2) is 53.4 Å². The largest absolute Gasteiger partial charge is 0.324 e. The summed E-state index contributed by atoms with van der Waals surface area (Å²) in [4.78, 5) is 12.0. The predicted molar refractivity (Wildman–Crippen MR) is 83.6 cm³/mol. The van der Waals surface area contributed by atoms with Crippen LogP contribution < -0.4 is 5.32 Å². The average Bonchev–Trinajstić information content (AvgIpc) is 2.43. The normalized spacial score (nSPS) is 11.1. The van der Waals surface area contributed by atoms with Crippen LogP contribution in [0.4, 0.5) is 5.69 Å². The summed E-state index contributed by atoms with van der Waals surface area (Å²) in [5, 5.41) is 3.11. The van der Waals surface area contributed by atoms with Gasteiger partial charge in [-0.2, -0.15) is 0 Å². The van der Waals surface area contributed by atoms with Crippen molar-refractivity contribution in [2.45, 2.75) is 4.90 Å². The standard InChI is InChI=1S/C14H11Cl2NO3S/c15-10-6-7-12(16)13(8-10)17-14(18)9-21(19,20)11-4-2-1-3-5-11/h1-8H,9H2,(H,17,18). The third-order valence-electron chi connectivity index (χ3n) is 2.63. The number of sulfone groups is 1. The topological polar surface area (TPSA) is 63.2 Å². The Bertz CT molecular complexity index is 761. The van der Waals surface area contributed by atoms with Crippen LogP contribution in [-0.2, 0) is 14.6 Å². The lowest BCUT2D eigenvalue weighted by molar-refractivity contribution is -0.113. The fourth-order valence-corrected chi connectivity index (χ4v) is 3.16. The summed E-state index contributed by atoms with van der Waals surface area (Å²) in [6.07, 6.45) is 0. The maximum absolute atomic E-state index is 12.1. The zero-order valence-corrected chi connectivity index (χ0v) is 13.0. The number of halogens is 2. The van der Waals surface area contributed by atoms with Crippen LogP contribution in [0.5, 0.6) is 0 Å². The first-order valence-corrected chi connectivity index (χ1v) is 8.32. The molecule has 2 aromatic rings. The predicted octanol–water partition coefficient (Wildman–Crippen LogP) is 3.41. The fraction of sp³-hybridized carbons (Fsp3) is 0.0714. The third kappa shape index (κ3) is 4.20. The van der Waals surface area contributed by atoms with E-state index < -0.39 is 21.5 Å². The maximum Gasteiger partial charge on any atom is 0.240 e. The molecule has 1 N–H and O–H groups in total. The highest BCUT2D eigenvalue weighted by molar-refractivity contribution is 7.92. The van der Waals surface area contributed by atoms with Gasteiger partial charge in [-0.15, -0.1) is 0 Å². The number of nitrogens with one attached hydrogen (secondary N) is 1. The van der Waals surface area contributed by atoms with Gasteiger partial charge in [-0.05, 0) is 30.3 Å². The molecule has 4 nitrogen and oxygen atoms in total. The van der Waals surface area contributed by atoms with E-state index in [2.05, 4.69) is 5.32 Å². The van der Waals surface area contributed by atoms with Crippen molar-refractivity contribution >= 4 is 44.6 Å². The number of carbonyl (C=O) groups excluding carboxylic acids is 1. The van der Waals surface area contributed by atoms with Gasteiger partial charge < -0.3 is 5.32 Å². The van der Waals surface area contributed by atoms with Crippen molar-refractivity contribution in [2.75, 3.05) is 11.1 Å². The van der Waals surface area contributed by atoms with Crippen molar-refractivity contribution in [1.82, 2.24) is 0 Å². The van der Waals surface area contributed by atoms with Crippen LogP contribution in [-0.4, -0.2) is 20.1 Å². The number of hydrogen-bond donors (Lipinski definition) is 1. The van der Waals surface area contributed by atoms with Crippen LogP contribution in [0.25, 0.3) is 0 Å². The summed E-state index contributed by atoms with van der Waals surface area (Å²) in [6.45, 7) is 0. The zero-order chi connectivity index (χ0) is 15.5. The smallest absolute Gasteiger partial charge is 0.240 e. The number of benzene rings is 2. The summed E-state index contributed by atoms with van der Waals surface area (Å²) in [7, 11) is -3.69. The first-order chi connectivity index (χ1) is 9.88. The molecule has 0 saturated carbocycles. The van der Waals surface area contributed by atoms with Gasteiger partial charge in [-0.25, -0.2) is 8.42 Å². The van der Waals surface area contributed by atoms with E-state index in [0.29, 0.717) is 5.02 Å². The summed E-state index contributed by atoms with van der Waals surface area (Å²) < 4.78 is 24.1. The monoisotopic (exact) mass is 343 g/mol. The van der Waals surface area contributed by atoms with Gasteiger partial charge in [-0.1, -0.05) is 41.4 Å². The van der Waals surface area contributed by atoms with Gasteiger partial charge in [0.15, 0.2) is 9.84 Å². The van der Waals surface area contributed by atoms with Gasteiger partial charge in [0.1, 0.15) is 5.75 Å². The lowest BCUT2D eigenvalue weighted by atomic mass is 10.3. The Labute approximate surface area is 132 Å². The summed E-state index contributed by atoms with van der Waals surface area (Å²) >= 11 is 11.7. The Kier molecular flexibility index (Phi) is 4.88. The number of rotatable bonds is 4. The van der Waals surface area contributed by atoms with E-state index in [1.807, 2.05) is 0 Å². The summed E-state index contributed by atoms with van der Waals surface area (Å²) in [5.41, 5.74) is 0.275. The molecule has 2 aromatic carbocycles. The molecule has 0 aliphatic carbocycles. The second kappa shape index (κ2) is 6.47. The van der Waals surface area contributed by atoms with Crippen molar-refractivity contribution in [3.8, 4) is 0 Å². The number of carbonyl (C=O) groups is 1. The van der Waals surface area contributed by atoms with Gasteiger partial charge in [0, 0.05) is 5.02 Å². The highest BCUT2D eigenvalue weighted by Crippen LogP contribution is 2.25. The molecule has 0 saturated heterocycles. The van der Waals surface area contributed by atoms with Gasteiger partial charge >= 0.3 is 0 Å². The van der Waals surface area contributed by atoms with Crippen LogP contribution in [0.3, 0.4) is 0 Å². The van der Waals surface area contributed by atoms with Gasteiger partial charge in [0.05, 0.1) is 15.6 Å². The number of hydrogen-bond acceptors (Lipinski definition) is 3. The maximum atomic E-state index is 12.1. The molecule has 0 aliphatic rings. The van der Waals surface area contributed by atoms with Crippen LogP contribution >= 0.6 is 23.2 Å². The minimum Gasteiger partial charge on any atom is -0.324 e. The van der Waals surface area contributed by atoms with Crippen molar-refractivity contribution in [2.24, 2.45) is 0 Å². The Morgan fingerprint density at radius 1 is 1.05 bits per heavy atom. The molecule has 0 atom stereocenters. The Hall–Kier alpha value is -1.56. The first kappa shape index (κ1) is 15.8. The second-order valence-electron chi connectivity index (χ2n) is 4.24. The van der Waals surface area contributed by atoms with Gasteiger partial charge in [0.2, 0.25) is 5.91 Å². The van der Waals surface area contributed by atoms with Crippen molar-refractivity contribution in [3.05, 3.63) is 58.6 Å². The average molecular weight is 344 g/mol. The molecule has 0 unspecified atom stereocenters. The van der Waals surface area contributed by atoms with Crippen molar-refractivity contribution in [1.29, 1.82) is 0 Å². The van der Waals surface area contributed by atoms with Gasteiger partial charge in [-0.3, -0.25) is 4.79 Å². The van der Waals surface area contributed by atoms with Gasteiger partial charge in [0.25, 0.3) is 0 Å². The van der Waals surface area contributed by atoms with Crippen LogP contribution in [0.2, 0.25) is 10.0 Å². The Morgan fingerprint density at radius 2 is 1.71 bits per heavy atom. The van der Waals surface area contributed by atoms with E-state index in [-0.39, 0.29) is 15.6 Å². The van der Waals surface area contributed by atoms with E-state index >= 15 is 0 Å². The highest BCUT2D eigenvalue weighted by Gasteiger charge is 2.19. The van der Waals surface area contributed by atoms with E-state index in [0.717, 1.165) is 0 Å². The number of amides is 1. The molecule has 0 aromatic heterocycles.